The van der Waals surface area contributed by atoms with Crippen LogP contribution in [0, 0.1) is 0 Å². The van der Waals surface area contributed by atoms with Crippen LogP contribution in [0.1, 0.15) is 27.7 Å². The Kier molecular flexibility index (Phi) is 9.69. The van der Waals surface area contributed by atoms with Crippen LogP contribution < -0.4 is 0 Å². The summed E-state index contributed by atoms with van der Waals surface area (Å²) in [7, 11) is -4.01. The van der Waals surface area contributed by atoms with Crippen molar-refractivity contribution in [2.45, 2.75) is 27.7 Å². The first-order valence-corrected chi connectivity index (χ1v) is 8.02. The van der Waals surface area contributed by atoms with Crippen molar-refractivity contribution in [1.82, 2.24) is 0 Å². The maximum atomic E-state index is 12.2. The van der Waals surface area contributed by atoms with Crippen LogP contribution in [0.15, 0.2) is 11.8 Å². The normalized spacial score (nSPS) is 11.9. The van der Waals surface area contributed by atoms with Crippen LogP contribution in [0.5, 0.6) is 0 Å². The first kappa shape index (κ1) is 19.6. The molecule has 0 rings (SSSR count). The van der Waals surface area contributed by atoms with E-state index < -0.39 is 25.5 Å². The molecule has 21 heavy (non-hydrogen) atoms. The van der Waals surface area contributed by atoms with Crippen molar-refractivity contribution in [3.8, 4) is 0 Å². The molecule has 0 aromatic rings. The highest BCUT2D eigenvalue weighted by Crippen LogP contribution is 2.51. The number of ether oxygens (including phenoxy) is 2. The zero-order valence-corrected chi connectivity index (χ0v) is 13.5. The predicted molar refractivity (Wildman–Crippen MR) is 73.3 cm³/mol. The van der Waals surface area contributed by atoms with Gasteiger partial charge in [-0.1, -0.05) is 0 Å². The maximum absolute atomic E-state index is 12.2. The van der Waals surface area contributed by atoms with E-state index in [1.165, 1.54) is 0 Å². The Bertz CT molecular complexity index is 407. The van der Waals surface area contributed by atoms with E-state index in [0.717, 1.165) is 6.08 Å². The molecule has 0 bridgehead atoms. The van der Waals surface area contributed by atoms with Gasteiger partial charge in [-0.05, 0) is 27.7 Å². The molecule has 0 spiro atoms. The lowest BCUT2D eigenvalue weighted by atomic mass is 10.4. The molecule has 0 saturated carbocycles. The van der Waals surface area contributed by atoms with Gasteiger partial charge in [-0.15, -0.1) is 0 Å². The van der Waals surface area contributed by atoms with E-state index in [9.17, 15) is 14.2 Å². The Balaban J connectivity index is 5.24. The minimum absolute atomic E-state index is 0.0345. The quantitative estimate of drug-likeness (QED) is 0.261. The van der Waals surface area contributed by atoms with Crippen molar-refractivity contribution in [2.75, 3.05) is 26.4 Å². The van der Waals surface area contributed by atoms with Gasteiger partial charge >= 0.3 is 19.8 Å². The molecule has 9 heteroatoms. The average Bonchev–Trinajstić information content (AvgIpc) is 2.39. The van der Waals surface area contributed by atoms with E-state index in [1.54, 1.807) is 27.7 Å². The Morgan fingerprint density at radius 3 is 1.86 bits per heavy atom. The van der Waals surface area contributed by atoms with Gasteiger partial charge in [-0.25, -0.2) is 14.2 Å². The summed E-state index contributed by atoms with van der Waals surface area (Å²) >= 11 is 0. The summed E-state index contributed by atoms with van der Waals surface area (Å²) in [4.78, 5) is 23.1. The van der Waals surface area contributed by atoms with Gasteiger partial charge in [0.25, 0.3) is 0 Å². The van der Waals surface area contributed by atoms with Crippen molar-refractivity contribution in [3.05, 3.63) is 11.8 Å². The van der Waals surface area contributed by atoms with Crippen LogP contribution in [0.4, 0.5) is 0 Å². The van der Waals surface area contributed by atoms with Crippen molar-refractivity contribution in [2.24, 2.45) is 0 Å². The van der Waals surface area contributed by atoms with Gasteiger partial charge < -0.3 is 14.0 Å². The summed E-state index contributed by atoms with van der Waals surface area (Å²) in [5.41, 5.74) is 0. The van der Waals surface area contributed by atoms with Crippen molar-refractivity contribution in [1.29, 1.82) is 0 Å². The highest BCUT2D eigenvalue weighted by atomic mass is 31.2. The number of rotatable bonds is 10. The van der Waals surface area contributed by atoms with Gasteiger partial charge in [0.05, 0.1) is 32.5 Å². The average molecular weight is 324 g/mol. The first-order valence-electron chi connectivity index (χ1n) is 6.56. The van der Waals surface area contributed by atoms with Crippen molar-refractivity contribution < 1.29 is 37.2 Å². The number of phosphoric ester groups is 1. The number of esters is 2. The summed E-state index contributed by atoms with van der Waals surface area (Å²) in [5, 5.41) is 0. The summed E-state index contributed by atoms with van der Waals surface area (Å²) in [6.45, 7) is 6.56. The number of phosphoric acid groups is 1. The van der Waals surface area contributed by atoms with Gasteiger partial charge in [-0.3, -0.25) is 9.05 Å². The molecule has 0 aliphatic rings. The van der Waals surface area contributed by atoms with Gasteiger partial charge in [0.2, 0.25) is 5.76 Å². The molecule has 0 atom stereocenters. The largest absolute Gasteiger partial charge is 0.530 e. The third-order valence-electron chi connectivity index (χ3n) is 1.80. The molecule has 0 aliphatic heterocycles. The number of hydrogen-bond donors (Lipinski definition) is 0. The second-order valence-corrected chi connectivity index (χ2v) is 4.95. The summed E-state index contributed by atoms with van der Waals surface area (Å²) in [5.74, 6) is -2.40. The third kappa shape index (κ3) is 7.84. The van der Waals surface area contributed by atoms with E-state index in [2.05, 4.69) is 4.74 Å². The lowest BCUT2D eigenvalue weighted by Crippen LogP contribution is -2.14. The van der Waals surface area contributed by atoms with Crippen LogP contribution in [0.3, 0.4) is 0 Å². The molecule has 0 heterocycles. The van der Waals surface area contributed by atoms with E-state index in [-0.39, 0.29) is 26.4 Å². The fraction of sp³-hybridized carbons (Fsp3) is 0.667. The van der Waals surface area contributed by atoms with E-state index in [1.807, 2.05) is 0 Å². The zero-order valence-electron chi connectivity index (χ0n) is 12.6. The Morgan fingerprint density at radius 1 is 0.905 bits per heavy atom. The fourth-order valence-electron chi connectivity index (χ4n) is 1.14. The molecular weight excluding hydrogens is 303 g/mol. The van der Waals surface area contributed by atoms with E-state index in [0.29, 0.717) is 0 Å². The van der Waals surface area contributed by atoms with Crippen molar-refractivity contribution in [3.63, 3.8) is 0 Å². The van der Waals surface area contributed by atoms with E-state index >= 15 is 0 Å². The van der Waals surface area contributed by atoms with Crippen LogP contribution in [0.25, 0.3) is 0 Å². The Morgan fingerprint density at radius 2 is 1.43 bits per heavy atom. The number of hydrogen-bond acceptors (Lipinski definition) is 8. The van der Waals surface area contributed by atoms with Crippen LogP contribution in [-0.2, 0) is 37.2 Å². The molecule has 122 valence electrons. The topological polar surface area (TPSA) is 97.4 Å². The minimum Gasteiger partial charge on any atom is -0.463 e. The molecule has 0 radical (unpaired) electrons. The summed E-state index contributed by atoms with van der Waals surface area (Å²) in [6.07, 6.45) is 0.742. The number of carbonyl (C=O) groups is 2. The standard InChI is InChI=1S/C12H21O8P/c1-5-16-11(13)9-10(12(14)17-6-2)20-21(15,18-7-3)19-8-4/h9H,5-8H2,1-4H3/b10-9-. The second-order valence-electron chi connectivity index (χ2n) is 3.36. The molecule has 0 aromatic carbocycles. The molecule has 0 saturated heterocycles. The monoisotopic (exact) mass is 324 g/mol. The predicted octanol–water partition coefficient (Wildman–Crippen LogP) is 2.19. The molecular formula is C12H21O8P. The minimum atomic E-state index is -4.01. The number of carbonyl (C=O) groups excluding carboxylic acids is 2. The fourth-order valence-corrected chi connectivity index (χ4v) is 2.32. The molecule has 0 aromatic heterocycles. The van der Waals surface area contributed by atoms with Crippen LogP contribution in [-0.4, -0.2) is 38.4 Å². The first-order chi connectivity index (χ1) is 9.92. The summed E-state index contributed by atoms with van der Waals surface area (Å²) in [6, 6.07) is 0. The lowest BCUT2D eigenvalue weighted by Gasteiger charge is -2.17. The van der Waals surface area contributed by atoms with Gasteiger partial charge in [0.15, 0.2) is 0 Å². The molecule has 0 unspecified atom stereocenters. The lowest BCUT2D eigenvalue weighted by molar-refractivity contribution is -0.143. The highest BCUT2D eigenvalue weighted by molar-refractivity contribution is 7.48. The van der Waals surface area contributed by atoms with Gasteiger partial charge in [0, 0.05) is 0 Å². The van der Waals surface area contributed by atoms with Gasteiger partial charge in [-0.2, -0.15) is 0 Å². The highest BCUT2D eigenvalue weighted by Gasteiger charge is 2.32. The van der Waals surface area contributed by atoms with Crippen molar-refractivity contribution >= 4 is 19.8 Å². The molecule has 0 fully saturated rings. The SMILES string of the molecule is CCOC(=O)/C=C(\OP(=O)(OCC)OCC)C(=O)OCC. The van der Waals surface area contributed by atoms with Crippen LogP contribution >= 0.6 is 7.82 Å². The zero-order chi connectivity index (χ0) is 16.3. The van der Waals surface area contributed by atoms with E-state index in [4.69, 9.17) is 18.3 Å². The molecule has 8 nitrogen and oxygen atoms in total. The molecule has 0 amide bonds. The third-order valence-corrected chi connectivity index (χ3v) is 3.37. The molecule has 0 aliphatic carbocycles. The smallest absolute Gasteiger partial charge is 0.463 e. The van der Waals surface area contributed by atoms with Gasteiger partial charge in [0.1, 0.15) is 0 Å². The van der Waals surface area contributed by atoms with Crippen LogP contribution in [0.2, 0.25) is 0 Å². The Hall–Kier alpha value is -1.37. The molecule has 0 N–H and O–H groups in total. The maximum Gasteiger partial charge on any atom is 0.530 e. The summed E-state index contributed by atoms with van der Waals surface area (Å²) < 4.78 is 36.3. The Labute approximate surface area is 124 Å². The second kappa shape index (κ2) is 10.4.